The molecule has 0 saturated heterocycles. The minimum atomic E-state index is 0.206. The number of rotatable bonds is 9. The van der Waals surface area contributed by atoms with Crippen molar-refractivity contribution in [3.8, 4) is 0 Å². The highest BCUT2D eigenvalue weighted by atomic mass is 15.1. The standard InChI is InChI=1S/C13H26N6/c1-11(14)5-7-16-13-9-12(17-10-18-13)15-6-4-8-19(2)3/h9-11H,4-8,14H2,1-3H3,(H2,15,16,17,18). The highest BCUT2D eigenvalue weighted by Gasteiger charge is 1.99. The maximum absolute atomic E-state index is 5.70. The lowest BCUT2D eigenvalue weighted by Gasteiger charge is -2.11. The first-order valence-electron chi connectivity index (χ1n) is 6.78. The average molecular weight is 266 g/mol. The molecule has 0 amide bonds. The van der Waals surface area contributed by atoms with Crippen LogP contribution in [-0.2, 0) is 0 Å². The fourth-order valence-corrected chi connectivity index (χ4v) is 1.59. The van der Waals surface area contributed by atoms with Crippen LogP contribution >= 0.6 is 0 Å². The van der Waals surface area contributed by atoms with Crippen LogP contribution in [-0.4, -0.2) is 54.6 Å². The Morgan fingerprint density at radius 1 is 1.21 bits per heavy atom. The van der Waals surface area contributed by atoms with Gasteiger partial charge in [-0.25, -0.2) is 9.97 Å². The molecule has 0 aliphatic rings. The van der Waals surface area contributed by atoms with Crippen LogP contribution < -0.4 is 16.4 Å². The molecule has 1 aromatic rings. The maximum Gasteiger partial charge on any atom is 0.131 e. The van der Waals surface area contributed by atoms with E-state index in [1.54, 1.807) is 6.33 Å². The van der Waals surface area contributed by atoms with Gasteiger partial charge in [0.1, 0.15) is 18.0 Å². The predicted molar refractivity (Wildman–Crippen MR) is 80.4 cm³/mol. The monoisotopic (exact) mass is 266 g/mol. The quantitative estimate of drug-likeness (QED) is 0.579. The molecule has 0 aromatic carbocycles. The summed E-state index contributed by atoms with van der Waals surface area (Å²) in [5, 5.41) is 6.54. The van der Waals surface area contributed by atoms with Crippen LogP contribution in [0.2, 0.25) is 0 Å². The van der Waals surface area contributed by atoms with E-state index < -0.39 is 0 Å². The highest BCUT2D eigenvalue weighted by Crippen LogP contribution is 2.08. The Morgan fingerprint density at radius 2 is 1.84 bits per heavy atom. The zero-order valence-electron chi connectivity index (χ0n) is 12.2. The average Bonchev–Trinajstić information content (AvgIpc) is 2.34. The SMILES string of the molecule is CC(N)CCNc1cc(NCCCN(C)C)ncn1. The van der Waals surface area contributed by atoms with E-state index in [0.717, 1.165) is 44.1 Å². The largest absolute Gasteiger partial charge is 0.370 e. The van der Waals surface area contributed by atoms with Gasteiger partial charge in [0.15, 0.2) is 0 Å². The van der Waals surface area contributed by atoms with Crippen molar-refractivity contribution >= 4 is 11.6 Å². The summed E-state index contributed by atoms with van der Waals surface area (Å²) in [6.07, 6.45) is 3.59. The molecule has 0 aliphatic heterocycles. The summed E-state index contributed by atoms with van der Waals surface area (Å²) in [7, 11) is 4.15. The second-order valence-corrected chi connectivity index (χ2v) is 5.06. The van der Waals surface area contributed by atoms with Crippen molar-refractivity contribution in [1.29, 1.82) is 0 Å². The molecule has 1 rings (SSSR count). The van der Waals surface area contributed by atoms with Gasteiger partial charge in [-0.05, 0) is 40.4 Å². The molecular formula is C13H26N6. The van der Waals surface area contributed by atoms with Crippen molar-refractivity contribution in [3.63, 3.8) is 0 Å². The number of aromatic nitrogens is 2. The molecule has 108 valence electrons. The van der Waals surface area contributed by atoms with Gasteiger partial charge in [0.05, 0.1) is 0 Å². The third-order valence-electron chi connectivity index (χ3n) is 2.66. The number of nitrogens with two attached hydrogens (primary N) is 1. The lowest BCUT2D eigenvalue weighted by molar-refractivity contribution is 0.405. The summed E-state index contributed by atoms with van der Waals surface area (Å²) < 4.78 is 0. The highest BCUT2D eigenvalue weighted by molar-refractivity contribution is 5.46. The Labute approximate surface area is 115 Å². The van der Waals surface area contributed by atoms with Crippen molar-refractivity contribution < 1.29 is 0 Å². The van der Waals surface area contributed by atoms with Crippen LogP contribution in [0.1, 0.15) is 19.8 Å². The van der Waals surface area contributed by atoms with Gasteiger partial charge in [-0.15, -0.1) is 0 Å². The zero-order valence-corrected chi connectivity index (χ0v) is 12.2. The van der Waals surface area contributed by atoms with E-state index in [1.807, 2.05) is 13.0 Å². The summed E-state index contributed by atoms with van der Waals surface area (Å²) in [6, 6.07) is 2.13. The topological polar surface area (TPSA) is 79.1 Å². The molecule has 4 N–H and O–H groups in total. The number of anilines is 2. The molecule has 6 heteroatoms. The van der Waals surface area contributed by atoms with Crippen LogP contribution in [0.15, 0.2) is 12.4 Å². The first-order chi connectivity index (χ1) is 9.08. The molecule has 0 aliphatic carbocycles. The minimum absolute atomic E-state index is 0.206. The second kappa shape index (κ2) is 8.66. The first kappa shape index (κ1) is 15.7. The first-order valence-corrected chi connectivity index (χ1v) is 6.78. The van der Waals surface area contributed by atoms with Gasteiger partial charge in [0, 0.05) is 25.2 Å². The minimum Gasteiger partial charge on any atom is -0.370 e. The van der Waals surface area contributed by atoms with Crippen molar-refractivity contribution in [2.45, 2.75) is 25.8 Å². The molecule has 0 saturated carbocycles. The molecule has 19 heavy (non-hydrogen) atoms. The Bertz CT molecular complexity index is 353. The third-order valence-corrected chi connectivity index (χ3v) is 2.66. The molecule has 0 spiro atoms. The van der Waals surface area contributed by atoms with Crippen LogP contribution in [0.4, 0.5) is 11.6 Å². The van der Waals surface area contributed by atoms with Crippen LogP contribution in [0.5, 0.6) is 0 Å². The van der Waals surface area contributed by atoms with Gasteiger partial charge in [-0.2, -0.15) is 0 Å². The summed E-state index contributed by atoms with van der Waals surface area (Å²) in [6.45, 7) is 4.81. The molecule has 1 atom stereocenters. The number of nitrogens with zero attached hydrogens (tertiary/aromatic N) is 3. The van der Waals surface area contributed by atoms with Gasteiger partial charge >= 0.3 is 0 Å². The Balaban J connectivity index is 2.31. The van der Waals surface area contributed by atoms with Gasteiger partial charge in [-0.3, -0.25) is 0 Å². The fourth-order valence-electron chi connectivity index (χ4n) is 1.59. The van der Waals surface area contributed by atoms with Crippen molar-refractivity contribution in [2.75, 3.05) is 44.4 Å². The molecule has 1 aromatic heterocycles. The summed E-state index contributed by atoms with van der Waals surface area (Å²) in [4.78, 5) is 10.5. The van der Waals surface area contributed by atoms with Gasteiger partial charge in [0.25, 0.3) is 0 Å². The molecule has 0 radical (unpaired) electrons. The summed E-state index contributed by atoms with van der Waals surface area (Å²) in [5.41, 5.74) is 5.70. The fraction of sp³-hybridized carbons (Fsp3) is 0.692. The van der Waals surface area contributed by atoms with Crippen LogP contribution in [0.3, 0.4) is 0 Å². The van der Waals surface area contributed by atoms with Crippen molar-refractivity contribution in [1.82, 2.24) is 14.9 Å². The number of nitrogens with one attached hydrogen (secondary N) is 2. The van der Waals surface area contributed by atoms with E-state index in [9.17, 15) is 0 Å². The predicted octanol–water partition coefficient (Wildman–Crippen LogP) is 0.989. The van der Waals surface area contributed by atoms with Crippen LogP contribution in [0, 0.1) is 0 Å². The molecule has 1 heterocycles. The van der Waals surface area contributed by atoms with E-state index in [1.165, 1.54) is 0 Å². The van der Waals surface area contributed by atoms with E-state index >= 15 is 0 Å². The molecular weight excluding hydrogens is 240 g/mol. The van der Waals surface area contributed by atoms with E-state index in [-0.39, 0.29) is 6.04 Å². The normalized spacial score (nSPS) is 12.5. The lowest BCUT2D eigenvalue weighted by Crippen LogP contribution is -2.19. The maximum atomic E-state index is 5.70. The molecule has 0 bridgehead atoms. The van der Waals surface area contributed by atoms with Crippen LogP contribution in [0.25, 0.3) is 0 Å². The van der Waals surface area contributed by atoms with E-state index in [2.05, 4.69) is 39.6 Å². The van der Waals surface area contributed by atoms with Gasteiger partial charge in [0.2, 0.25) is 0 Å². The third kappa shape index (κ3) is 7.58. The molecule has 1 unspecified atom stereocenters. The van der Waals surface area contributed by atoms with Crippen molar-refractivity contribution in [2.24, 2.45) is 5.73 Å². The number of hydrogen-bond acceptors (Lipinski definition) is 6. The van der Waals surface area contributed by atoms with Gasteiger partial charge < -0.3 is 21.3 Å². The van der Waals surface area contributed by atoms with Crippen molar-refractivity contribution in [3.05, 3.63) is 12.4 Å². The number of hydrogen-bond donors (Lipinski definition) is 3. The molecule has 0 fully saturated rings. The Kier molecular flexibility index (Phi) is 7.14. The smallest absolute Gasteiger partial charge is 0.131 e. The molecule has 6 nitrogen and oxygen atoms in total. The second-order valence-electron chi connectivity index (χ2n) is 5.06. The van der Waals surface area contributed by atoms with E-state index in [0.29, 0.717) is 0 Å². The zero-order chi connectivity index (χ0) is 14.1. The van der Waals surface area contributed by atoms with Gasteiger partial charge in [-0.1, -0.05) is 0 Å². The van der Waals surface area contributed by atoms with E-state index in [4.69, 9.17) is 5.73 Å². The lowest BCUT2D eigenvalue weighted by atomic mass is 10.2. The Morgan fingerprint density at radius 3 is 2.42 bits per heavy atom. The summed E-state index contributed by atoms with van der Waals surface area (Å²) >= 11 is 0. The summed E-state index contributed by atoms with van der Waals surface area (Å²) in [5.74, 6) is 1.70. The Hall–Kier alpha value is -1.40.